The van der Waals surface area contributed by atoms with Gasteiger partial charge >= 0.3 is 5.95 Å². The van der Waals surface area contributed by atoms with Crippen molar-refractivity contribution in [3.8, 4) is 23.1 Å². The predicted octanol–water partition coefficient (Wildman–Crippen LogP) is 3.51. The van der Waals surface area contributed by atoms with Crippen molar-refractivity contribution in [3.05, 3.63) is 28.9 Å². The van der Waals surface area contributed by atoms with E-state index >= 15 is 0 Å². The zero-order valence-electron chi connectivity index (χ0n) is 9.57. The van der Waals surface area contributed by atoms with E-state index < -0.39 is 0 Å². The van der Waals surface area contributed by atoms with Gasteiger partial charge in [0, 0.05) is 5.56 Å². The van der Waals surface area contributed by atoms with Crippen molar-refractivity contribution in [1.29, 1.82) is 0 Å². The van der Waals surface area contributed by atoms with E-state index in [1.54, 1.807) is 13.3 Å². The zero-order valence-corrected chi connectivity index (χ0v) is 11.2. The molecule has 0 N–H and O–H groups in total. The minimum Gasteiger partial charge on any atom is -0.496 e. The lowest BCUT2D eigenvalue weighted by molar-refractivity contribution is 0.260. The van der Waals surface area contributed by atoms with Crippen molar-refractivity contribution in [2.75, 3.05) is 13.7 Å². The van der Waals surface area contributed by atoms with E-state index in [2.05, 4.69) is 20.9 Å². The third-order valence-electron chi connectivity index (χ3n) is 2.17. The lowest BCUT2D eigenvalue weighted by Gasteiger charge is -2.03. The van der Waals surface area contributed by atoms with Crippen LogP contribution < -0.4 is 9.47 Å². The average Bonchev–Trinajstić information content (AvgIpc) is 2.78. The van der Waals surface area contributed by atoms with Crippen LogP contribution >= 0.6 is 15.9 Å². The maximum absolute atomic E-state index is 5.44. The van der Waals surface area contributed by atoms with Gasteiger partial charge in [0.15, 0.2) is 0 Å². The van der Waals surface area contributed by atoms with Crippen LogP contribution in [-0.4, -0.2) is 18.7 Å². The molecular weight excluding hydrogens is 286 g/mol. The van der Waals surface area contributed by atoms with Crippen molar-refractivity contribution >= 4 is 15.9 Å². The Morgan fingerprint density at radius 3 is 2.88 bits per heavy atom. The van der Waals surface area contributed by atoms with Crippen LogP contribution in [0.2, 0.25) is 0 Å². The molecule has 0 amide bonds. The molecule has 0 aliphatic heterocycles. The quantitative estimate of drug-likeness (QED) is 0.866. The molecule has 0 saturated carbocycles. The number of methoxy groups -OCH3 is 1. The number of hydrogen-bond acceptors (Lipinski definition) is 4. The first-order valence-electron chi connectivity index (χ1n) is 5.17. The Kier molecular flexibility index (Phi) is 3.68. The van der Waals surface area contributed by atoms with Crippen molar-refractivity contribution in [1.82, 2.24) is 4.98 Å². The Morgan fingerprint density at radius 2 is 2.24 bits per heavy atom. The number of oxazole rings is 1. The maximum atomic E-state index is 5.44. The summed E-state index contributed by atoms with van der Waals surface area (Å²) in [5.41, 5.74) is 0.864. The van der Waals surface area contributed by atoms with Gasteiger partial charge < -0.3 is 13.9 Å². The Morgan fingerprint density at radius 1 is 1.41 bits per heavy atom. The molecule has 0 unspecified atom stereocenters. The van der Waals surface area contributed by atoms with Crippen LogP contribution in [0.15, 0.2) is 33.3 Å². The molecule has 2 rings (SSSR count). The molecule has 1 aromatic heterocycles. The summed E-state index contributed by atoms with van der Waals surface area (Å²) in [4.78, 5) is 4.15. The Balaban J connectivity index is 2.29. The van der Waals surface area contributed by atoms with Gasteiger partial charge in [0.25, 0.3) is 0 Å². The lowest BCUT2D eigenvalue weighted by atomic mass is 10.2. The smallest absolute Gasteiger partial charge is 0.305 e. The molecule has 4 nitrogen and oxygen atoms in total. The minimum absolute atomic E-state index is 0.425. The standard InChI is InChI=1S/C12H12BrNO3/c1-3-16-11-7-14-12(17-11)8-4-5-10(15-2)9(13)6-8/h4-7H,3H2,1-2H3. The van der Waals surface area contributed by atoms with E-state index in [1.807, 2.05) is 25.1 Å². The SMILES string of the molecule is CCOc1cnc(-c2ccc(OC)c(Br)c2)o1. The molecule has 17 heavy (non-hydrogen) atoms. The van der Waals surface area contributed by atoms with Gasteiger partial charge in [-0.15, -0.1) is 0 Å². The molecule has 90 valence electrons. The van der Waals surface area contributed by atoms with Crippen molar-refractivity contribution < 1.29 is 13.9 Å². The highest BCUT2D eigenvalue weighted by atomic mass is 79.9. The maximum Gasteiger partial charge on any atom is 0.305 e. The number of halogens is 1. The minimum atomic E-state index is 0.425. The van der Waals surface area contributed by atoms with E-state index in [0.29, 0.717) is 18.4 Å². The highest BCUT2D eigenvalue weighted by Gasteiger charge is 2.09. The monoisotopic (exact) mass is 297 g/mol. The molecule has 0 radical (unpaired) electrons. The van der Waals surface area contributed by atoms with Gasteiger partial charge in [-0.1, -0.05) is 0 Å². The fourth-order valence-electron chi connectivity index (χ4n) is 1.40. The second-order valence-electron chi connectivity index (χ2n) is 3.27. The molecule has 0 aliphatic carbocycles. The van der Waals surface area contributed by atoms with Crippen molar-refractivity contribution in [2.24, 2.45) is 0 Å². The van der Waals surface area contributed by atoms with Gasteiger partial charge in [0.1, 0.15) is 11.9 Å². The van der Waals surface area contributed by atoms with Gasteiger partial charge in [-0.3, -0.25) is 0 Å². The summed E-state index contributed by atoms with van der Waals surface area (Å²) in [6, 6.07) is 5.62. The van der Waals surface area contributed by atoms with Crippen LogP contribution in [0.1, 0.15) is 6.92 Å². The molecule has 0 aliphatic rings. The summed E-state index contributed by atoms with van der Waals surface area (Å²) in [6.07, 6.45) is 1.57. The van der Waals surface area contributed by atoms with Gasteiger partial charge in [-0.2, -0.15) is 0 Å². The Labute approximate surface area is 108 Å². The number of benzene rings is 1. The highest BCUT2D eigenvalue weighted by molar-refractivity contribution is 9.10. The van der Waals surface area contributed by atoms with E-state index in [9.17, 15) is 0 Å². The third-order valence-corrected chi connectivity index (χ3v) is 2.79. The Bertz CT molecular complexity index is 510. The number of ether oxygens (including phenoxy) is 2. The zero-order chi connectivity index (χ0) is 12.3. The summed E-state index contributed by atoms with van der Waals surface area (Å²) in [7, 11) is 1.62. The average molecular weight is 298 g/mol. The normalized spacial score (nSPS) is 10.3. The second-order valence-corrected chi connectivity index (χ2v) is 4.12. The summed E-state index contributed by atoms with van der Waals surface area (Å²) >= 11 is 3.42. The van der Waals surface area contributed by atoms with Crippen molar-refractivity contribution in [2.45, 2.75) is 6.92 Å². The molecule has 2 aromatic rings. The molecule has 0 bridgehead atoms. The van der Waals surface area contributed by atoms with Gasteiger partial charge in [-0.05, 0) is 41.1 Å². The number of aromatic nitrogens is 1. The lowest BCUT2D eigenvalue weighted by Crippen LogP contribution is -1.88. The van der Waals surface area contributed by atoms with E-state index in [-0.39, 0.29) is 0 Å². The fourth-order valence-corrected chi connectivity index (χ4v) is 1.94. The van der Waals surface area contributed by atoms with E-state index in [4.69, 9.17) is 13.9 Å². The highest BCUT2D eigenvalue weighted by Crippen LogP contribution is 2.31. The summed E-state index contributed by atoms with van der Waals surface area (Å²) in [5.74, 6) is 1.72. The summed E-state index contributed by atoms with van der Waals surface area (Å²) < 4.78 is 16.7. The molecule has 0 atom stereocenters. The molecule has 5 heteroatoms. The molecule has 0 spiro atoms. The van der Waals surface area contributed by atoms with Crippen LogP contribution in [-0.2, 0) is 0 Å². The van der Waals surface area contributed by atoms with Gasteiger partial charge in [0.05, 0.1) is 18.2 Å². The fraction of sp³-hybridized carbons (Fsp3) is 0.250. The van der Waals surface area contributed by atoms with E-state index in [1.165, 1.54) is 0 Å². The second kappa shape index (κ2) is 5.23. The first kappa shape index (κ1) is 12.0. The van der Waals surface area contributed by atoms with Gasteiger partial charge in [-0.25, -0.2) is 4.98 Å². The topological polar surface area (TPSA) is 44.5 Å². The van der Waals surface area contributed by atoms with E-state index in [0.717, 1.165) is 15.8 Å². The van der Waals surface area contributed by atoms with Crippen molar-refractivity contribution in [3.63, 3.8) is 0 Å². The first-order valence-corrected chi connectivity index (χ1v) is 5.96. The molecule has 0 saturated heterocycles. The van der Waals surface area contributed by atoms with Crippen LogP contribution in [0.25, 0.3) is 11.5 Å². The molecule has 1 heterocycles. The molecular formula is C12H12BrNO3. The number of rotatable bonds is 4. The largest absolute Gasteiger partial charge is 0.496 e. The third kappa shape index (κ3) is 2.61. The number of hydrogen-bond donors (Lipinski definition) is 0. The summed E-state index contributed by atoms with van der Waals surface area (Å²) in [5, 5.41) is 0. The first-order chi connectivity index (χ1) is 8.24. The molecule has 0 fully saturated rings. The summed E-state index contributed by atoms with van der Waals surface area (Å²) in [6.45, 7) is 2.45. The predicted molar refractivity (Wildman–Crippen MR) is 67.4 cm³/mol. The Hall–Kier alpha value is -1.49. The van der Waals surface area contributed by atoms with Crippen LogP contribution in [0, 0.1) is 0 Å². The van der Waals surface area contributed by atoms with Crippen LogP contribution in [0.4, 0.5) is 0 Å². The van der Waals surface area contributed by atoms with Gasteiger partial charge in [0.2, 0.25) is 5.89 Å². The van der Waals surface area contributed by atoms with Crippen LogP contribution in [0.3, 0.4) is 0 Å². The molecule has 1 aromatic carbocycles. The number of nitrogens with zero attached hydrogens (tertiary/aromatic N) is 1. The van der Waals surface area contributed by atoms with Crippen LogP contribution in [0.5, 0.6) is 11.7 Å².